The summed E-state index contributed by atoms with van der Waals surface area (Å²) < 4.78 is 7.30. The summed E-state index contributed by atoms with van der Waals surface area (Å²) >= 11 is 0. The number of carbonyl (C=O) groups is 1. The van der Waals surface area contributed by atoms with Gasteiger partial charge in [-0.05, 0) is 57.1 Å². The average Bonchev–Trinajstić information content (AvgIpc) is 3.15. The summed E-state index contributed by atoms with van der Waals surface area (Å²) in [6.45, 7) is 5.82. The number of aryl methyl sites for hydroxylation is 1. The predicted molar refractivity (Wildman–Crippen MR) is 90.5 cm³/mol. The maximum Gasteiger partial charge on any atom is 0.253 e. The van der Waals surface area contributed by atoms with Crippen LogP contribution >= 0.6 is 0 Å². The lowest BCUT2D eigenvalue weighted by molar-refractivity contribution is 0.0939. The molecule has 1 amide bonds. The van der Waals surface area contributed by atoms with E-state index >= 15 is 0 Å². The Kier molecular flexibility index (Phi) is 4.39. The number of benzene rings is 1. The fourth-order valence-electron chi connectivity index (χ4n) is 3.16. The fraction of sp³-hybridized carbons (Fsp3) is 0.389. The number of carbonyl (C=O) groups excluding carboxylic acids is 1. The van der Waals surface area contributed by atoms with Crippen molar-refractivity contribution in [1.82, 2.24) is 15.2 Å². The molecule has 0 aliphatic carbocycles. The molecule has 3 rings (SSSR count). The van der Waals surface area contributed by atoms with Crippen molar-refractivity contribution in [3.8, 4) is 11.4 Å². The predicted octanol–water partition coefficient (Wildman–Crippen LogP) is 2.19. The Morgan fingerprint density at radius 2 is 2.04 bits per heavy atom. The maximum absolute atomic E-state index is 12.5. The van der Waals surface area contributed by atoms with Gasteiger partial charge >= 0.3 is 0 Å². The quantitative estimate of drug-likeness (QED) is 0.910. The van der Waals surface area contributed by atoms with E-state index in [0.29, 0.717) is 0 Å². The van der Waals surface area contributed by atoms with Crippen LogP contribution < -0.4 is 15.4 Å². The fourth-order valence-corrected chi connectivity index (χ4v) is 3.16. The monoisotopic (exact) mass is 313 g/mol. The summed E-state index contributed by atoms with van der Waals surface area (Å²) in [6.07, 6.45) is 0.989. The van der Waals surface area contributed by atoms with E-state index in [9.17, 15) is 4.79 Å². The Labute approximate surface area is 136 Å². The molecule has 0 spiro atoms. The van der Waals surface area contributed by atoms with Crippen LogP contribution in [0.2, 0.25) is 0 Å². The van der Waals surface area contributed by atoms with Crippen LogP contribution in [0.3, 0.4) is 0 Å². The van der Waals surface area contributed by atoms with Crippen LogP contribution in [0.4, 0.5) is 0 Å². The standard InChI is InChI=1S/C18H23N3O2/c1-12-10-17(18(22)20-14-8-9-19-11-14)13(2)21(12)15-4-6-16(23-3)7-5-15/h4-7,10,14,19H,8-9,11H2,1-3H3,(H,20,22). The Balaban J connectivity index is 1.87. The first-order valence-corrected chi connectivity index (χ1v) is 7.95. The summed E-state index contributed by atoms with van der Waals surface area (Å²) in [6, 6.07) is 10.0. The highest BCUT2D eigenvalue weighted by Gasteiger charge is 2.21. The van der Waals surface area contributed by atoms with Crippen LogP contribution in [0.1, 0.15) is 28.2 Å². The van der Waals surface area contributed by atoms with E-state index in [-0.39, 0.29) is 11.9 Å². The maximum atomic E-state index is 12.5. The third kappa shape index (κ3) is 3.10. The van der Waals surface area contributed by atoms with Crippen molar-refractivity contribution < 1.29 is 9.53 Å². The highest BCUT2D eigenvalue weighted by Crippen LogP contribution is 2.23. The zero-order chi connectivity index (χ0) is 16.4. The minimum atomic E-state index is 0.00608. The first-order chi connectivity index (χ1) is 11.1. The lowest BCUT2D eigenvalue weighted by Crippen LogP contribution is -2.36. The van der Waals surface area contributed by atoms with Crippen LogP contribution in [0.25, 0.3) is 5.69 Å². The van der Waals surface area contributed by atoms with E-state index in [2.05, 4.69) is 15.2 Å². The van der Waals surface area contributed by atoms with Gasteiger partial charge in [-0.15, -0.1) is 0 Å². The van der Waals surface area contributed by atoms with Crippen molar-refractivity contribution >= 4 is 5.91 Å². The number of amides is 1. The second-order valence-corrected chi connectivity index (χ2v) is 5.98. The number of nitrogens with zero attached hydrogens (tertiary/aromatic N) is 1. The molecule has 5 heteroatoms. The van der Waals surface area contributed by atoms with E-state index in [0.717, 1.165) is 47.9 Å². The van der Waals surface area contributed by atoms with Gasteiger partial charge in [0.1, 0.15) is 5.75 Å². The van der Waals surface area contributed by atoms with Crippen molar-refractivity contribution in [2.75, 3.05) is 20.2 Å². The Morgan fingerprint density at radius 3 is 2.65 bits per heavy atom. The first kappa shape index (κ1) is 15.6. The van der Waals surface area contributed by atoms with Gasteiger partial charge < -0.3 is 19.9 Å². The third-order valence-corrected chi connectivity index (χ3v) is 4.40. The molecule has 2 heterocycles. The summed E-state index contributed by atoms with van der Waals surface area (Å²) in [7, 11) is 1.65. The molecule has 1 saturated heterocycles. The van der Waals surface area contributed by atoms with Gasteiger partial charge in [-0.3, -0.25) is 4.79 Å². The average molecular weight is 313 g/mol. The largest absolute Gasteiger partial charge is 0.497 e. The van der Waals surface area contributed by atoms with Crippen molar-refractivity contribution in [3.05, 3.63) is 47.3 Å². The smallest absolute Gasteiger partial charge is 0.253 e. The number of hydrogen-bond donors (Lipinski definition) is 2. The van der Waals surface area contributed by atoms with Gasteiger partial charge in [0.25, 0.3) is 5.91 Å². The number of aromatic nitrogens is 1. The SMILES string of the molecule is COc1ccc(-n2c(C)cc(C(=O)NC3CCNC3)c2C)cc1. The van der Waals surface area contributed by atoms with Crippen LogP contribution in [0.5, 0.6) is 5.75 Å². The lowest BCUT2D eigenvalue weighted by atomic mass is 10.2. The second-order valence-electron chi connectivity index (χ2n) is 5.98. The van der Waals surface area contributed by atoms with Gasteiger partial charge in [-0.1, -0.05) is 0 Å². The topological polar surface area (TPSA) is 55.3 Å². The molecule has 2 aromatic rings. The number of methoxy groups -OCH3 is 1. The Bertz CT molecular complexity index is 698. The molecular formula is C18H23N3O2. The molecular weight excluding hydrogens is 290 g/mol. The first-order valence-electron chi connectivity index (χ1n) is 7.95. The molecule has 1 aromatic heterocycles. The van der Waals surface area contributed by atoms with Gasteiger partial charge in [0.15, 0.2) is 0 Å². The number of ether oxygens (including phenoxy) is 1. The second kappa shape index (κ2) is 6.46. The summed E-state index contributed by atoms with van der Waals surface area (Å²) in [4.78, 5) is 12.5. The molecule has 23 heavy (non-hydrogen) atoms. The van der Waals surface area contributed by atoms with Crippen molar-refractivity contribution in [2.45, 2.75) is 26.3 Å². The van der Waals surface area contributed by atoms with Crippen LogP contribution in [-0.4, -0.2) is 36.7 Å². The van der Waals surface area contributed by atoms with Crippen molar-refractivity contribution in [1.29, 1.82) is 0 Å². The van der Waals surface area contributed by atoms with E-state index in [1.54, 1.807) is 7.11 Å². The highest BCUT2D eigenvalue weighted by atomic mass is 16.5. The Morgan fingerprint density at radius 1 is 1.30 bits per heavy atom. The molecule has 5 nitrogen and oxygen atoms in total. The molecule has 122 valence electrons. The van der Waals surface area contributed by atoms with Crippen molar-refractivity contribution in [3.63, 3.8) is 0 Å². The highest BCUT2D eigenvalue weighted by molar-refractivity contribution is 5.96. The van der Waals surface area contributed by atoms with Gasteiger partial charge in [-0.2, -0.15) is 0 Å². The molecule has 1 aliphatic heterocycles. The minimum Gasteiger partial charge on any atom is -0.497 e. The molecule has 0 radical (unpaired) electrons. The normalized spacial score (nSPS) is 17.3. The van der Waals surface area contributed by atoms with Crippen LogP contribution in [0.15, 0.2) is 30.3 Å². The van der Waals surface area contributed by atoms with E-state index in [1.165, 1.54) is 0 Å². The zero-order valence-corrected chi connectivity index (χ0v) is 13.8. The molecule has 1 aliphatic rings. The molecule has 0 bridgehead atoms. The molecule has 1 aromatic carbocycles. The molecule has 1 atom stereocenters. The number of nitrogens with one attached hydrogen (secondary N) is 2. The van der Waals surface area contributed by atoms with E-state index < -0.39 is 0 Å². The van der Waals surface area contributed by atoms with Crippen LogP contribution in [0, 0.1) is 13.8 Å². The number of rotatable bonds is 4. The Hall–Kier alpha value is -2.27. The molecule has 0 saturated carbocycles. The van der Waals surface area contributed by atoms with E-state index in [4.69, 9.17) is 4.74 Å². The lowest BCUT2D eigenvalue weighted by Gasteiger charge is -2.13. The molecule has 2 N–H and O–H groups in total. The summed E-state index contributed by atoms with van der Waals surface area (Å²) in [5.74, 6) is 0.828. The third-order valence-electron chi connectivity index (χ3n) is 4.40. The molecule has 1 fully saturated rings. The zero-order valence-electron chi connectivity index (χ0n) is 13.8. The van der Waals surface area contributed by atoms with Crippen LogP contribution in [-0.2, 0) is 0 Å². The summed E-state index contributed by atoms with van der Waals surface area (Å²) in [5, 5.41) is 6.38. The van der Waals surface area contributed by atoms with Gasteiger partial charge in [0, 0.05) is 29.7 Å². The molecule has 1 unspecified atom stereocenters. The summed E-state index contributed by atoms with van der Waals surface area (Å²) in [5.41, 5.74) is 3.77. The van der Waals surface area contributed by atoms with Crippen molar-refractivity contribution in [2.24, 2.45) is 0 Å². The van der Waals surface area contributed by atoms with Gasteiger partial charge in [-0.25, -0.2) is 0 Å². The minimum absolute atomic E-state index is 0.00608. The van der Waals surface area contributed by atoms with Gasteiger partial charge in [0.05, 0.1) is 12.7 Å². The van der Waals surface area contributed by atoms with E-state index in [1.807, 2.05) is 44.2 Å². The number of hydrogen-bond acceptors (Lipinski definition) is 3. The van der Waals surface area contributed by atoms with Gasteiger partial charge in [0.2, 0.25) is 0 Å².